The highest BCUT2D eigenvalue weighted by Crippen LogP contribution is 2.30. The van der Waals surface area contributed by atoms with Crippen molar-refractivity contribution in [2.75, 3.05) is 44.6 Å². The van der Waals surface area contributed by atoms with Gasteiger partial charge in [0.15, 0.2) is 0 Å². The van der Waals surface area contributed by atoms with E-state index < -0.39 is 16.1 Å². The predicted octanol–water partition coefficient (Wildman–Crippen LogP) is 5.86. The summed E-state index contributed by atoms with van der Waals surface area (Å²) < 4.78 is 41.5. The number of hydrogen-bond donors (Lipinski definition) is 2. The van der Waals surface area contributed by atoms with E-state index in [9.17, 15) is 18.3 Å². The molecule has 4 atom stereocenters. The number of likely N-dealkylation sites (N-methyl/N-ethyl adjacent to an activating group) is 1. The fraction of sp³-hybridized carbons (Fsp3) is 0.667. The van der Waals surface area contributed by atoms with Crippen molar-refractivity contribution in [2.45, 2.75) is 94.6 Å². The van der Waals surface area contributed by atoms with Gasteiger partial charge in [-0.3, -0.25) is 9.52 Å². The maximum atomic E-state index is 14.3. The molecule has 0 radical (unpaired) electrons. The van der Waals surface area contributed by atoms with Gasteiger partial charge in [0.05, 0.1) is 30.4 Å². The van der Waals surface area contributed by atoms with Crippen LogP contribution in [0.5, 0.6) is 5.75 Å². The molecular weight excluding hydrogens is 599 g/mol. The number of aliphatic hydroxyl groups excluding tert-OH is 1. The maximum absolute atomic E-state index is 14.3. The van der Waals surface area contributed by atoms with Crippen molar-refractivity contribution in [2.24, 2.45) is 11.8 Å². The lowest BCUT2D eigenvalue weighted by Crippen LogP contribution is -2.47. The average molecular weight is 650 g/mol. The van der Waals surface area contributed by atoms with Gasteiger partial charge >= 0.3 is 0 Å². The van der Waals surface area contributed by atoms with E-state index >= 15 is 0 Å². The standard InChI is InChI=1S/C33H51N3O6S2/c1-24-20-36(25(2)23-37)33(38)29-19-28(34-44(39,40)32-14-10-18-43-32)15-16-30(29)42-26(3)11-8-9-17-41-31(24)22-35(4)21-27-12-6-5-7-13-27/h10,14-16,18-19,24-27,31,34,37H,5-9,11-13,17,20-23H2,1-4H3/t24-,25+,26-,31-/m0/s1. The van der Waals surface area contributed by atoms with E-state index in [2.05, 4.69) is 23.6 Å². The van der Waals surface area contributed by atoms with Crippen LogP contribution in [0.15, 0.2) is 39.9 Å². The molecule has 1 aromatic heterocycles. The molecule has 1 fully saturated rings. The molecule has 1 aliphatic heterocycles. The van der Waals surface area contributed by atoms with Crippen LogP contribution in [-0.4, -0.2) is 87.4 Å². The van der Waals surface area contributed by atoms with Gasteiger partial charge in [-0.25, -0.2) is 8.42 Å². The molecule has 0 spiro atoms. The van der Waals surface area contributed by atoms with Gasteiger partial charge in [0.2, 0.25) is 0 Å². The lowest BCUT2D eigenvalue weighted by Gasteiger charge is -2.36. The molecule has 1 amide bonds. The summed E-state index contributed by atoms with van der Waals surface area (Å²) in [5.41, 5.74) is 0.540. The van der Waals surface area contributed by atoms with Gasteiger partial charge in [-0.15, -0.1) is 11.3 Å². The number of rotatable bonds is 9. The highest BCUT2D eigenvalue weighted by molar-refractivity contribution is 7.94. The highest BCUT2D eigenvalue weighted by Gasteiger charge is 2.31. The molecule has 0 saturated heterocycles. The second-order valence-corrected chi connectivity index (χ2v) is 15.6. The molecule has 2 aromatic rings. The largest absolute Gasteiger partial charge is 0.490 e. The Morgan fingerprint density at radius 3 is 2.55 bits per heavy atom. The molecule has 1 aliphatic carbocycles. The van der Waals surface area contributed by atoms with Crippen molar-refractivity contribution in [3.05, 3.63) is 41.3 Å². The number of hydrogen-bond acceptors (Lipinski definition) is 8. The summed E-state index contributed by atoms with van der Waals surface area (Å²) in [4.78, 5) is 18.4. The molecule has 246 valence electrons. The molecular formula is C33H51N3O6S2. The van der Waals surface area contributed by atoms with Crippen LogP contribution < -0.4 is 9.46 Å². The number of nitrogens with zero attached hydrogens (tertiary/aromatic N) is 2. The molecule has 4 rings (SSSR count). The number of amides is 1. The van der Waals surface area contributed by atoms with E-state index in [1.165, 1.54) is 32.1 Å². The number of nitrogens with one attached hydrogen (secondary N) is 1. The van der Waals surface area contributed by atoms with Crippen LogP contribution in [0.4, 0.5) is 5.69 Å². The first-order chi connectivity index (χ1) is 21.1. The molecule has 0 bridgehead atoms. The van der Waals surface area contributed by atoms with Gasteiger partial charge in [0.1, 0.15) is 9.96 Å². The number of anilines is 1. The highest BCUT2D eigenvalue weighted by atomic mass is 32.2. The van der Waals surface area contributed by atoms with E-state index in [0.717, 1.165) is 49.6 Å². The first-order valence-electron chi connectivity index (χ1n) is 16.2. The molecule has 1 saturated carbocycles. The molecule has 1 aromatic carbocycles. The van der Waals surface area contributed by atoms with Crippen molar-refractivity contribution in [3.8, 4) is 5.75 Å². The number of ether oxygens (including phenoxy) is 2. The van der Waals surface area contributed by atoms with Crippen LogP contribution in [0.25, 0.3) is 0 Å². The van der Waals surface area contributed by atoms with Crippen molar-refractivity contribution in [1.29, 1.82) is 0 Å². The molecule has 2 heterocycles. The summed E-state index contributed by atoms with van der Waals surface area (Å²) in [5.74, 6) is 0.804. The van der Waals surface area contributed by atoms with Gasteiger partial charge in [-0.2, -0.15) is 0 Å². The summed E-state index contributed by atoms with van der Waals surface area (Å²) in [6.45, 7) is 8.56. The Labute approximate surface area is 268 Å². The number of aliphatic hydroxyl groups is 1. The van der Waals surface area contributed by atoms with Crippen molar-refractivity contribution in [1.82, 2.24) is 9.80 Å². The van der Waals surface area contributed by atoms with Crippen molar-refractivity contribution >= 4 is 33.0 Å². The van der Waals surface area contributed by atoms with Crippen LogP contribution in [0, 0.1) is 11.8 Å². The van der Waals surface area contributed by atoms with Gasteiger partial charge in [0.25, 0.3) is 15.9 Å². The van der Waals surface area contributed by atoms with Crippen LogP contribution in [-0.2, 0) is 14.8 Å². The van der Waals surface area contributed by atoms with Crippen molar-refractivity contribution < 1.29 is 27.8 Å². The Balaban J connectivity index is 1.61. The normalized spacial score (nSPS) is 23.9. The van der Waals surface area contributed by atoms with Crippen molar-refractivity contribution in [3.63, 3.8) is 0 Å². The van der Waals surface area contributed by atoms with E-state index in [1.807, 2.05) is 13.8 Å². The summed E-state index contributed by atoms with van der Waals surface area (Å²) in [7, 11) is -1.64. The smallest absolute Gasteiger partial charge is 0.271 e. The molecule has 2 N–H and O–H groups in total. The Bertz CT molecular complexity index is 1280. The van der Waals surface area contributed by atoms with Crippen LogP contribution >= 0.6 is 11.3 Å². The zero-order chi connectivity index (χ0) is 31.7. The molecule has 44 heavy (non-hydrogen) atoms. The van der Waals surface area contributed by atoms with E-state index in [0.29, 0.717) is 18.9 Å². The zero-order valence-electron chi connectivity index (χ0n) is 26.7. The minimum absolute atomic E-state index is 0.00602. The van der Waals surface area contributed by atoms with Gasteiger partial charge < -0.3 is 24.4 Å². The second-order valence-electron chi connectivity index (χ2n) is 12.8. The van der Waals surface area contributed by atoms with Crippen LogP contribution in [0.3, 0.4) is 0 Å². The van der Waals surface area contributed by atoms with E-state index in [4.69, 9.17) is 9.47 Å². The lowest BCUT2D eigenvalue weighted by atomic mass is 9.89. The number of carbonyl (C=O) groups excluding carboxylic acids is 1. The van der Waals surface area contributed by atoms with E-state index in [1.54, 1.807) is 40.6 Å². The summed E-state index contributed by atoms with van der Waals surface area (Å²) in [6, 6.07) is 7.60. The Kier molecular flexibility index (Phi) is 12.9. The molecule has 11 heteroatoms. The molecule has 0 unspecified atom stereocenters. The predicted molar refractivity (Wildman–Crippen MR) is 176 cm³/mol. The third-order valence-electron chi connectivity index (χ3n) is 8.85. The topological polar surface area (TPSA) is 108 Å². The summed E-state index contributed by atoms with van der Waals surface area (Å²) >= 11 is 1.13. The number of carbonyl (C=O) groups is 1. The number of sulfonamides is 1. The molecule has 9 nitrogen and oxygen atoms in total. The summed E-state index contributed by atoms with van der Waals surface area (Å²) in [5, 5.41) is 11.9. The van der Waals surface area contributed by atoms with Gasteiger partial charge in [-0.05, 0) is 88.6 Å². The fourth-order valence-electron chi connectivity index (χ4n) is 6.26. The number of fused-ring (bicyclic) bond motifs is 1. The first-order valence-corrected chi connectivity index (χ1v) is 18.5. The lowest BCUT2D eigenvalue weighted by molar-refractivity contribution is -0.0190. The second kappa shape index (κ2) is 16.4. The third kappa shape index (κ3) is 9.66. The Morgan fingerprint density at radius 2 is 1.84 bits per heavy atom. The van der Waals surface area contributed by atoms with E-state index in [-0.39, 0.29) is 46.1 Å². The quantitative estimate of drug-likeness (QED) is 0.351. The Morgan fingerprint density at radius 1 is 1.09 bits per heavy atom. The molecule has 2 aliphatic rings. The average Bonchev–Trinajstić information content (AvgIpc) is 3.55. The van der Waals surface area contributed by atoms with Gasteiger partial charge in [0, 0.05) is 37.8 Å². The van der Waals surface area contributed by atoms with Crippen LogP contribution in [0.2, 0.25) is 0 Å². The number of benzene rings is 1. The number of thiophene rings is 1. The minimum Gasteiger partial charge on any atom is -0.490 e. The fourth-order valence-corrected chi connectivity index (χ4v) is 8.31. The third-order valence-corrected chi connectivity index (χ3v) is 11.6. The zero-order valence-corrected chi connectivity index (χ0v) is 28.4. The Hall–Kier alpha value is -2.18. The first kappa shape index (κ1) is 34.7. The maximum Gasteiger partial charge on any atom is 0.271 e. The SMILES string of the molecule is C[C@H](CO)N1C[C@H](C)[C@H](CN(C)CC2CCCCC2)OCCCC[C@H](C)Oc2ccc(NS(=O)(=O)c3cccs3)cc2C1=O. The van der Waals surface area contributed by atoms with Crippen LogP contribution in [0.1, 0.15) is 82.5 Å². The summed E-state index contributed by atoms with van der Waals surface area (Å²) in [6.07, 6.45) is 8.93. The minimum atomic E-state index is -3.81. The van der Waals surface area contributed by atoms with Gasteiger partial charge in [-0.1, -0.05) is 32.3 Å². The monoisotopic (exact) mass is 649 g/mol.